The van der Waals surface area contributed by atoms with Crippen LogP contribution in [0.2, 0.25) is 0 Å². The molecular weight excluding hydrogens is 298 g/mol. The van der Waals surface area contributed by atoms with Crippen LogP contribution < -0.4 is 10.1 Å². The summed E-state index contributed by atoms with van der Waals surface area (Å²) < 4.78 is 30.4. The predicted molar refractivity (Wildman–Crippen MR) is 89.1 cm³/mol. The van der Waals surface area contributed by atoms with Crippen molar-refractivity contribution < 1.29 is 13.2 Å². The van der Waals surface area contributed by atoms with Gasteiger partial charge in [0.05, 0.1) is 11.0 Å². The van der Waals surface area contributed by atoms with Crippen molar-refractivity contribution in [2.24, 2.45) is 0 Å². The Labute approximate surface area is 131 Å². The van der Waals surface area contributed by atoms with E-state index in [0.29, 0.717) is 6.54 Å². The molecule has 1 atom stereocenters. The second-order valence-corrected chi connectivity index (χ2v) is 8.06. The highest BCUT2D eigenvalue weighted by Crippen LogP contribution is 2.25. The second-order valence-electron chi connectivity index (χ2n) is 5.66. The van der Waals surface area contributed by atoms with Crippen LogP contribution in [0.4, 0.5) is 0 Å². The van der Waals surface area contributed by atoms with E-state index in [1.165, 1.54) is 0 Å². The predicted octanol–water partition coefficient (Wildman–Crippen LogP) is 2.39. The number of hydrogen-bond donors (Lipinski definition) is 1. The molecule has 1 unspecified atom stereocenters. The summed E-state index contributed by atoms with van der Waals surface area (Å²) in [5, 5.41) is 5.00. The molecule has 0 aromatic heterocycles. The van der Waals surface area contributed by atoms with Gasteiger partial charge in [0.2, 0.25) is 0 Å². The Morgan fingerprint density at radius 1 is 1.14 bits per heavy atom. The first-order valence-electron chi connectivity index (χ1n) is 7.70. The first-order valence-corrected chi connectivity index (χ1v) is 9.41. The van der Waals surface area contributed by atoms with E-state index >= 15 is 0 Å². The van der Waals surface area contributed by atoms with E-state index in [9.17, 15) is 8.42 Å². The Kier molecular flexibility index (Phi) is 4.64. The highest BCUT2D eigenvalue weighted by Gasteiger charge is 2.26. The van der Waals surface area contributed by atoms with E-state index in [-0.39, 0.29) is 17.6 Å². The average molecular weight is 319 g/mol. The number of fused-ring (bicyclic) bond motifs is 1. The minimum Gasteiger partial charge on any atom is -0.492 e. The summed E-state index contributed by atoms with van der Waals surface area (Å²) in [6.45, 7) is 1.68. The van der Waals surface area contributed by atoms with E-state index in [0.717, 1.165) is 35.9 Å². The van der Waals surface area contributed by atoms with E-state index in [2.05, 4.69) is 5.32 Å². The van der Waals surface area contributed by atoms with Crippen LogP contribution in [0.5, 0.6) is 5.75 Å². The minimum absolute atomic E-state index is 0.0720. The molecule has 2 aromatic carbocycles. The van der Waals surface area contributed by atoms with Crippen LogP contribution in [0.25, 0.3) is 10.8 Å². The summed E-state index contributed by atoms with van der Waals surface area (Å²) in [6, 6.07) is 13.8. The van der Waals surface area contributed by atoms with Gasteiger partial charge in [0.25, 0.3) is 0 Å². The third-order valence-electron chi connectivity index (χ3n) is 4.13. The molecule has 0 aliphatic carbocycles. The number of hydrogen-bond acceptors (Lipinski definition) is 4. The smallest absolute Gasteiger partial charge is 0.157 e. The first kappa shape index (κ1) is 15.3. The summed E-state index contributed by atoms with van der Waals surface area (Å²) >= 11 is 0. The first-order chi connectivity index (χ1) is 10.7. The van der Waals surface area contributed by atoms with Crippen LogP contribution in [0, 0.1) is 0 Å². The summed E-state index contributed by atoms with van der Waals surface area (Å²) in [4.78, 5) is 0. The van der Waals surface area contributed by atoms with Gasteiger partial charge in [0.15, 0.2) is 9.84 Å². The average Bonchev–Trinajstić information content (AvgIpc) is 2.56. The Morgan fingerprint density at radius 3 is 2.77 bits per heavy atom. The fourth-order valence-corrected chi connectivity index (χ4v) is 4.43. The van der Waals surface area contributed by atoms with Crippen molar-refractivity contribution in [2.75, 3.05) is 25.4 Å². The molecule has 1 fully saturated rings. The fourth-order valence-electron chi connectivity index (χ4n) is 2.88. The molecule has 118 valence electrons. The molecule has 0 radical (unpaired) electrons. The van der Waals surface area contributed by atoms with Gasteiger partial charge >= 0.3 is 0 Å². The van der Waals surface area contributed by atoms with E-state index in [1.54, 1.807) is 0 Å². The molecule has 0 spiro atoms. The monoisotopic (exact) mass is 319 g/mol. The number of piperidine rings is 1. The molecule has 2 aromatic rings. The topological polar surface area (TPSA) is 55.4 Å². The molecule has 1 aliphatic heterocycles. The number of benzene rings is 2. The number of rotatable bonds is 5. The van der Waals surface area contributed by atoms with Gasteiger partial charge in [-0.3, -0.25) is 0 Å². The zero-order chi connectivity index (χ0) is 15.4. The molecule has 3 rings (SSSR count). The lowest BCUT2D eigenvalue weighted by Gasteiger charge is -2.22. The molecule has 22 heavy (non-hydrogen) atoms. The molecule has 1 N–H and O–H groups in total. The van der Waals surface area contributed by atoms with Crippen molar-refractivity contribution in [2.45, 2.75) is 18.1 Å². The molecule has 4 nitrogen and oxygen atoms in total. The van der Waals surface area contributed by atoms with E-state index in [4.69, 9.17) is 4.74 Å². The Bertz CT molecular complexity index is 731. The third-order valence-corrected chi connectivity index (χ3v) is 6.29. The van der Waals surface area contributed by atoms with Gasteiger partial charge in [-0.15, -0.1) is 0 Å². The third kappa shape index (κ3) is 3.42. The minimum atomic E-state index is -3.09. The van der Waals surface area contributed by atoms with Crippen LogP contribution in [0.3, 0.4) is 0 Å². The lowest BCUT2D eigenvalue weighted by atomic mass is 10.1. The standard InChI is InChI=1S/C17H21NO3S/c19-22(20,15-7-4-10-18-13-15)12-11-21-17-9-3-6-14-5-1-2-8-16(14)17/h1-3,5-6,8-9,15,18H,4,7,10-13H2. The summed E-state index contributed by atoms with van der Waals surface area (Å²) in [6.07, 6.45) is 1.68. The maximum absolute atomic E-state index is 12.3. The van der Waals surface area contributed by atoms with Gasteiger partial charge in [-0.05, 0) is 30.8 Å². The molecule has 1 heterocycles. The van der Waals surface area contributed by atoms with Crippen LogP contribution in [0.15, 0.2) is 42.5 Å². The van der Waals surface area contributed by atoms with Gasteiger partial charge in [0.1, 0.15) is 12.4 Å². The van der Waals surface area contributed by atoms with Crippen LogP contribution in [0.1, 0.15) is 12.8 Å². The lowest BCUT2D eigenvalue weighted by Crippen LogP contribution is -2.40. The van der Waals surface area contributed by atoms with Crippen molar-refractivity contribution in [3.8, 4) is 5.75 Å². The van der Waals surface area contributed by atoms with Gasteiger partial charge in [-0.2, -0.15) is 0 Å². The fraction of sp³-hybridized carbons (Fsp3) is 0.412. The van der Waals surface area contributed by atoms with Gasteiger partial charge < -0.3 is 10.1 Å². The summed E-state index contributed by atoms with van der Waals surface area (Å²) in [7, 11) is -3.09. The molecule has 5 heteroatoms. The molecule has 0 saturated carbocycles. The van der Waals surface area contributed by atoms with E-state index < -0.39 is 9.84 Å². The zero-order valence-corrected chi connectivity index (χ0v) is 13.3. The highest BCUT2D eigenvalue weighted by molar-refractivity contribution is 7.92. The number of ether oxygens (including phenoxy) is 1. The van der Waals surface area contributed by atoms with Crippen LogP contribution >= 0.6 is 0 Å². The van der Waals surface area contributed by atoms with Crippen LogP contribution in [-0.2, 0) is 9.84 Å². The molecule has 0 bridgehead atoms. The van der Waals surface area contributed by atoms with Crippen molar-refractivity contribution in [3.05, 3.63) is 42.5 Å². The molecule has 0 amide bonds. The van der Waals surface area contributed by atoms with Crippen molar-refractivity contribution >= 4 is 20.6 Å². The van der Waals surface area contributed by atoms with Crippen molar-refractivity contribution in [3.63, 3.8) is 0 Å². The molecule has 1 saturated heterocycles. The number of nitrogens with one attached hydrogen (secondary N) is 1. The van der Waals surface area contributed by atoms with Gasteiger partial charge in [-0.1, -0.05) is 36.4 Å². The summed E-state index contributed by atoms with van der Waals surface area (Å²) in [5.41, 5.74) is 0. The summed E-state index contributed by atoms with van der Waals surface area (Å²) in [5.74, 6) is 0.817. The van der Waals surface area contributed by atoms with Crippen molar-refractivity contribution in [1.82, 2.24) is 5.32 Å². The Morgan fingerprint density at radius 2 is 1.95 bits per heavy atom. The van der Waals surface area contributed by atoms with Crippen molar-refractivity contribution in [1.29, 1.82) is 0 Å². The Hall–Kier alpha value is -1.59. The second kappa shape index (κ2) is 6.67. The molecular formula is C17H21NO3S. The van der Waals surface area contributed by atoms with Gasteiger partial charge in [0, 0.05) is 11.9 Å². The highest BCUT2D eigenvalue weighted by atomic mass is 32.2. The van der Waals surface area contributed by atoms with Gasteiger partial charge in [-0.25, -0.2) is 8.42 Å². The van der Waals surface area contributed by atoms with Crippen LogP contribution in [-0.4, -0.2) is 39.1 Å². The lowest BCUT2D eigenvalue weighted by molar-refractivity contribution is 0.343. The maximum Gasteiger partial charge on any atom is 0.157 e. The van der Waals surface area contributed by atoms with E-state index in [1.807, 2.05) is 42.5 Å². The zero-order valence-electron chi connectivity index (χ0n) is 12.5. The Balaban J connectivity index is 1.64. The molecule has 1 aliphatic rings. The quantitative estimate of drug-likeness (QED) is 0.919. The number of sulfone groups is 1. The SMILES string of the molecule is O=S(=O)(CCOc1cccc2ccccc12)C1CCCNC1. The maximum atomic E-state index is 12.3. The largest absolute Gasteiger partial charge is 0.492 e. The normalized spacial score (nSPS) is 19.2.